The molecule has 0 amide bonds. The van der Waals surface area contributed by atoms with Crippen molar-refractivity contribution in [3.63, 3.8) is 0 Å². The summed E-state index contributed by atoms with van der Waals surface area (Å²) in [6.07, 6.45) is 0. The van der Waals surface area contributed by atoms with Gasteiger partial charge < -0.3 is 19.5 Å². The Kier molecular flexibility index (Phi) is 10.1. The van der Waals surface area contributed by atoms with E-state index in [4.69, 9.17) is 17.0 Å². The van der Waals surface area contributed by atoms with Crippen molar-refractivity contribution in [2.45, 2.75) is 13.8 Å². The summed E-state index contributed by atoms with van der Waals surface area (Å²) < 4.78 is 4.22. The van der Waals surface area contributed by atoms with E-state index in [0.29, 0.717) is 10.3 Å². The van der Waals surface area contributed by atoms with Gasteiger partial charge >= 0.3 is 31.1 Å². The van der Waals surface area contributed by atoms with E-state index in [1.54, 1.807) is 6.92 Å². The average Bonchev–Trinajstić information content (AvgIpc) is 2.14. The van der Waals surface area contributed by atoms with Crippen molar-refractivity contribution in [1.82, 2.24) is 9.97 Å². The van der Waals surface area contributed by atoms with Gasteiger partial charge in [0.05, 0.1) is 0 Å². The number of aryl methyl sites for hydroxylation is 1. The summed E-state index contributed by atoms with van der Waals surface area (Å²) in [6, 6.07) is 0. The van der Waals surface area contributed by atoms with E-state index in [1.165, 1.54) is 13.6 Å². The molecule has 1 aromatic heterocycles. The molecule has 0 aliphatic carbocycles. The van der Waals surface area contributed by atoms with Crippen LogP contribution in [0.2, 0.25) is 0 Å². The number of hydrogen-bond acceptors (Lipinski definition) is 4. The Morgan fingerprint density at radius 1 is 1.47 bits per heavy atom. The van der Waals surface area contributed by atoms with Crippen LogP contribution in [0, 0.1) is 49.6 Å². The van der Waals surface area contributed by atoms with Gasteiger partial charge in [0, 0.05) is 11.8 Å². The topological polar surface area (TPSA) is 73.3 Å². The standard InChI is InChI=1S/C6H8N2OS.C2H3O2.U/c1-3-4(2)7-6(9)8-5(3)10;1-4-2-3;/h1-2H3,(H2,7,8,9,10);1H3;/q;-1;+2/p-1. The molecule has 0 atom stereocenters. The third kappa shape index (κ3) is 6.66. The van der Waals surface area contributed by atoms with Crippen molar-refractivity contribution >= 4 is 18.7 Å². The van der Waals surface area contributed by atoms with Crippen LogP contribution in [0.5, 0.6) is 0 Å². The molecule has 80 valence electrons. The van der Waals surface area contributed by atoms with Crippen LogP contribution in [0.25, 0.3) is 0 Å². The summed E-state index contributed by atoms with van der Waals surface area (Å²) in [6.45, 7) is 4.78. The molecule has 1 aromatic rings. The SMILES string of the molecule is CO[C-]=O.Cc1[n-]c(=O)[nH]c(=S)c1C.[U+2]. The summed E-state index contributed by atoms with van der Waals surface area (Å²) in [5.74, 6) is 0. The molecule has 0 radical (unpaired) electrons. The molecular formula is C8H10N2O3SU. The quantitative estimate of drug-likeness (QED) is 0.493. The number of methoxy groups -OCH3 is 1. The first-order valence-electron chi connectivity index (χ1n) is 3.67. The average molecular weight is 452 g/mol. The van der Waals surface area contributed by atoms with Crippen molar-refractivity contribution < 1.29 is 40.6 Å². The number of ether oxygens (including phenoxy) is 1. The maximum atomic E-state index is 10.6. The van der Waals surface area contributed by atoms with Crippen LogP contribution < -0.4 is 10.7 Å². The van der Waals surface area contributed by atoms with Crippen molar-refractivity contribution in [2.24, 2.45) is 0 Å². The Hall–Kier alpha value is -0.378. The monoisotopic (exact) mass is 452 g/mol. The summed E-state index contributed by atoms with van der Waals surface area (Å²) in [5, 5.41) is 0. The molecular weight excluding hydrogens is 442 g/mol. The van der Waals surface area contributed by atoms with E-state index in [2.05, 4.69) is 14.7 Å². The van der Waals surface area contributed by atoms with Gasteiger partial charge in [0.1, 0.15) is 0 Å². The van der Waals surface area contributed by atoms with Crippen LogP contribution in [-0.4, -0.2) is 18.6 Å². The molecule has 0 aliphatic heterocycles. The van der Waals surface area contributed by atoms with Crippen molar-refractivity contribution in [2.75, 3.05) is 7.11 Å². The third-order valence-electron chi connectivity index (χ3n) is 1.46. The first kappa shape index (κ1) is 17.0. The van der Waals surface area contributed by atoms with E-state index >= 15 is 0 Å². The number of rotatable bonds is 1. The molecule has 1 rings (SSSR count). The fourth-order valence-electron chi connectivity index (χ4n) is 0.619. The molecule has 7 heteroatoms. The van der Waals surface area contributed by atoms with E-state index in [-0.39, 0.29) is 36.8 Å². The van der Waals surface area contributed by atoms with E-state index in [9.17, 15) is 4.79 Å². The number of hydrogen-bond donors (Lipinski definition) is 1. The molecule has 0 spiro atoms. The van der Waals surface area contributed by atoms with E-state index < -0.39 is 0 Å². The van der Waals surface area contributed by atoms with Crippen LogP contribution in [0.3, 0.4) is 0 Å². The molecule has 1 N–H and O–H groups in total. The first-order valence-corrected chi connectivity index (χ1v) is 4.08. The maximum absolute atomic E-state index is 10.6. The molecule has 0 aromatic carbocycles. The summed E-state index contributed by atoms with van der Waals surface area (Å²) in [5.41, 5.74) is 1.21. The minimum Gasteiger partial charge on any atom is -0.655 e. The second kappa shape index (κ2) is 8.89. The van der Waals surface area contributed by atoms with E-state index in [0.717, 1.165) is 5.56 Å². The van der Waals surface area contributed by atoms with Gasteiger partial charge in [-0.2, -0.15) is 0 Å². The number of nitrogens with one attached hydrogen (secondary N) is 1. The normalized spacial score (nSPS) is 7.93. The Morgan fingerprint density at radius 2 is 1.93 bits per heavy atom. The zero-order chi connectivity index (χ0) is 11.1. The molecule has 0 saturated carbocycles. The van der Waals surface area contributed by atoms with Crippen LogP contribution in [0.1, 0.15) is 11.3 Å². The number of aromatic amines is 1. The van der Waals surface area contributed by atoms with Gasteiger partial charge in [0.25, 0.3) is 0 Å². The molecule has 15 heavy (non-hydrogen) atoms. The van der Waals surface area contributed by atoms with Crippen LogP contribution >= 0.6 is 12.2 Å². The van der Waals surface area contributed by atoms with Crippen LogP contribution in [-0.2, 0) is 9.53 Å². The zero-order valence-electron chi connectivity index (χ0n) is 8.58. The van der Waals surface area contributed by atoms with Crippen molar-refractivity contribution in [3.8, 4) is 0 Å². The fraction of sp³-hybridized carbons (Fsp3) is 0.375. The van der Waals surface area contributed by atoms with Gasteiger partial charge in [-0.1, -0.05) is 24.4 Å². The Labute approximate surface area is 116 Å². The van der Waals surface area contributed by atoms with E-state index in [1.807, 2.05) is 6.92 Å². The number of carbonyl (C=O) groups excluding carboxylic acids is 1. The fourth-order valence-corrected chi connectivity index (χ4v) is 0.854. The second-order valence-corrected chi connectivity index (χ2v) is 2.78. The molecule has 1 heterocycles. The predicted octanol–water partition coefficient (Wildman–Crippen LogP) is 0.378. The molecule has 0 aliphatic rings. The van der Waals surface area contributed by atoms with Crippen LogP contribution in [0.4, 0.5) is 0 Å². The van der Waals surface area contributed by atoms with Gasteiger partial charge in [-0.3, -0.25) is 4.79 Å². The Morgan fingerprint density at radius 3 is 2.27 bits per heavy atom. The zero-order valence-corrected chi connectivity index (χ0v) is 13.6. The molecule has 5 nitrogen and oxygen atoms in total. The Balaban J connectivity index is 0. The second-order valence-electron chi connectivity index (χ2n) is 2.37. The first-order chi connectivity index (χ1) is 6.52. The van der Waals surface area contributed by atoms with Gasteiger partial charge in [0.15, 0.2) is 5.69 Å². The third-order valence-corrected chi connectivity index (χ3v) is 1.86. The Bertz CT molecular complexity index is 413. The smallest absolute Gasteiger partial charge is 0.655 e. The van der Waals surface area contributed by atoms with Gasteiger partial charge in [-0.25, -0.2) is 0 Å². The minimum atomic E-state index is -0.367. The molecule has 0 unspecified atom stereocenters. The summed E-state index contributed by atoms with van der Waals surface area (Å²) in [7, 11) is 1.26. The summed E-state index contributed by atoms with van der Waals surface area (Å²) in [4.78, 5) is 25.5. The van der Waals surface area contributed by atoms with Gasteiger partial charge in [0.2, 0.25) is 0 Å². The predicted molar refractivity (Wildman–Crippen MR) is 53.4 cm³/mol. The molecule has 0 bridgehead atoms. The van der Waals surface area contributed by atoms with Crippen molar-refractivity contribution in [1.29, 1.82) is 0 Å². The van der Waals surface area contributed by atoms with Gasteiger partial charge in [-0.15, -0.1) is 0 Å². The number of aromatic nitrogens is 2. The van der Waals surface area contributed by atoms with Crippen LogP contribution in [0.15, 0.2) is 4.79 Å². The maximum Gasteiger partial charge on any atom is 2.00 e. The number of H-pyrrole nitrogens is 1. The molecule has 0 fully saturated rings. The van der Waals surface area contributed by atoms with Gasteiger partial charge in [-0.05, 0) is 19.4 Å². The minimum absolute atomic E-state index is 0. The largest absolute Gasteiger partial charge is 2.00 e. The summed E-state index contributed by atoms with van der Waals surface area (Å²) >= 11 is 4.83. The van der Waals surface area contributed by atoms with Crippen molar-refractivity contribution in [3.05, 3.63) is 26.4 Å². The number of nitrogens with zero attached hydrogens (tertiary/aromatic N) is 1. The molecule has 0 saturated heterocycles.